The fraction of sp³-hybridized carbons (Fsp3) is 0.480. The van der Waals surface area contributed by atoms with E-state index in [1.54, 1.807) is 0 Å². The van der Waals surface area contributed by atoms with E-state index in [4.69, 9.17) is 4.52 Å². The minimum Gasteiger partial charge on any atom is -0.351 e. The van der Waals surface area contributed by atoms with Crippen molar-refractivity contribution < 1.29 is 9.32 Å². The summed E-state index contributed by atoms with van der Waals surface area (Å²) >= 11 is 0. The van der Waals surface area contributed by atoms with Crippen molar-refractivity contribution in [3.8, 4) is 0 Å². The fourth-order valence-corrected chi connectivity index (χ4v) is 5.01. The van der Waals surface area contributed by atoms with Crippen molar-refractivity contribution in [2.24, 2.45) is 0 Å². The molecule has 31 heavy (non-hydrogen) atoms. The Bertz CT molecular complexity index is 1040. The van der Waals surface area contributed by atoms with Gasteiger partial charge in [-0.25, -0.2) is 0 Å². The van der Waals surface area contributed by atoms with Gasteiger partial charge in [-0.3, -0.25) is 14.7 Å². The second-order valence-corrected chi connectivity index (χ2v) is 9.03. The molecule has 6 heteroatoms. The average molecular weight is 419 g/mol. The van der Waals surface area contributed by atoms with E-state index < -0.39 is 0 Å². The number of rotatable bonds is 5. The van der Waals surface area contributed by atoms with Crippen LogP contribution in [-0.2, 0) is 6.54 Å². The summed E-state index contributed by atoms with van der Waals surface area (Å²) in [6.45, 7) is 2.92. The Morgan fingerprint density at radius 2 is 2.00 bits per heavy atom. The zero-order valence-corrected chi connectivity index (χ0v) is 17.9. The normalized spacial score (nSPS) is 20.7. The summed E-state index contributed by atoms with van der Waals surface area (Å²) in [5, 5.41) is 8.56. The number of carbonyl (C=O) groups is 1. The molecule has 0 unspecified atom stereocenters. The molecule has 5 rings (SSSR count). The van der Waals surface area contributed by atoms with Gasteiger partial charge in [0.2, 0.25) is 5.76 Å². The Morgan fingerprint density at radius 3 is 2.90 bits per heavy atom. The molecule has 2 fully saturated rings. The molecule has 1 saturated heterocycles. The number of likely N-dealkylation sites (tertiary alicyclic amines) is 1. The van der Waals surface area contributed by atoms with Crippen molar-refractivity contribution >= 4 is 16.8 Å². The molecule has 2 aromatic heterocycles. The summed E-state index contributed by atoms with van der Waals surface area (Å²) in [6.07, 6.45) is 9.82. The van der Waals surface area contributed by atoms with E-state index in [1.165, 1.54) is 30.2 Å². The van der Waals surface area contributed by atoms with E-state index in [9.17, 15) is 4.79 Å². The van der Waals surface area contributed by atoms with Gasteiger partial charge >= 0.3 is 0 Å². The first-order valence-electron chi connectivity index (χ1n) is 11.6. The zero-order chi connectivity index (χ0) is 21.0. The third-order valence-electron chi connectivity index (χ3n) is 6.69. The minimum absolute atomic E-state index is 0.122. The molecule has 1 atom stereocenters. The standard InChI is InChI=1S/C25H30N4O2/c30-25(27-21-8-2-1-3-9-21)24-15-23(28-31-24)20-7-5-13-29(17-20)16-18-10-11-22-19(14-18)6-4-12-26-22/h4,6,10-12,14-15,20-21H,1-3,5,7-9,13,16-17H2,(H,27,30)/t20-/m0/s1. The van der Waals surface area contributed by atoms with E-state index in [1.807, 2.05) is 18.3 Å². The summed E-state index contributed by atoms with van der Waals surface area (Å²) < 4.78 is 5.44. The highest BCUT2D eigenvalue weighted by Gasteiger charge is 2.26. The molecule has 1 aliphatic heterocycles. The monoisotopic (exact) mass is 418 g/mol. The van der Waals surface area contributed by atoms with E-state index in [0.29, 0.717) is 11.7 Å². The molecule has 2 aliphatic rings. The number of aromatic nitrogens is 2. The van der Waals surface area contributed by atoms with Gasteiger partial charge in [0.15, 0.2) is 0 Å². The number of pyridine rings is 1. The first-order valence-corrected chi connectivity index (χ1v) is 11.6. The molecular formula is C25H30N4O2. The summed E-state index contributed by atoms with van der Waals surface area (Å²) in [7, 11) is 0. The van der Waals surface area contributed by atoms with Crippen LogP contribution in [0.25, 0.3) is 10.9 Å². The van der Waals surface area contributed by atoms with Gasteiger partial charge in [0.1, 0.15) is 0 Å². The Hall–Kier alpha value is -2.73. The molecule has 162 valence electrons. The van der Waals surface area contributed by atoms with E-state index in [0.717, 1.165) is 56.5 Å². The van der Waals surface area contributed by atoms with Gasteiger partial charge in [0, 0.05) is 42.7 Å². The van der Waals surface area contributed by atoms with E-state index in [-0.39, 0.29) is 11.9 Å². The maximum Gasteiger partial charge on any atom is 0.290 e. The molecule has 1 amide bonds. The highest BCUT2D eigenvalue weighted by atomic mass is 16.5. The molecule has 0 spiro atoms. The van der Waals surface area contributed by atoms with E-state index >= 15 is 0 Å². The summed E-state index contributed by atoms with van der Waals surface area (Å²) in [5.74, 6) is 0.527. The van der Waals surface area contributed by atoms with Crippen molar-refractivity contribution in [2.45, 2.75) is 63.5 Å². The lowest BCUT2D eigenvalue weighted by Crippen LogP contribution is -2.36. The maximum atomic E-state index is 12.6. The molecule has 3 heterocycles. The minimum atomic E-state index is -0.122. The van der Waals surface area contributed by atoms with Crippen LogP contribution in [0.3, 0.4) is 0 Å². The highest BCUT2D eigenvalue weighted by Crippen LogP contribution is 2.28. The Kier molecular flexibility index (Phi) is 5.98. The topological polar surface area (TPSA) is 71.3 Å². The van der Waals surface area contributed by atoms with Gasteiger partial charge in [-0.15, -0.1) is 0 Å². The van der Waals surface area contributed by atoms with Crippen LogP contribution in [0.1, 0.15) is 72.7 Å². The lowest BCUT2D eigenvalue weighted by molar-refractivity contribution is 0.0890. The van der Waals surface area contributed by atoms with Crippen LogP contribution in [0.4, 0.5) is 0 Å². The van der Waals surface area contributed by atoms with Crippen molar-refractivity contribution in [2.75, 3.05) is 13.1 Å². The van der Waals surface area contributed by atoms with Crippen molar-refractivity contribution in [1.29, 1.82) is 0 Å². The molecule has 0 bridgehead atoms. The number of benzene rings is 1. The van der Waals surface area contributed by atoms with Gasteiger partial charge in [-0.2, -0.15) is 0 Å². The third kappa shape index (κ3) is 4.79. The molecule has 1 saturated carbocycles. The van der Waals surface area contributed by atoms with Gasteiger partial charge < -0.3 is 9.84 Å². The second-order valence-electron chi connectivity index (χ2n) is 9.03. The Balaban J connectivity index is 1.21. The quantitative estimate of drug-likeness (QED) is 0.652. The van der Waals surface area contributed by atoms with Gasteiger partial charge in [-0.1, -0.05) is 36.6 Å². The number of nitrogens with zero attached hydrogens (tertiary/aromatic N) is 3. The largest absolute Gasteiger partial charge is 0.351 e. The second kappa shape index (κ2) is 9.18. The van der Waals surface area contributed by atoms with Gasteiger partial charge in [-0.05, 0) is 56.0 Å². The Labute approximate surface area is 183 Å². The SMILES string of the molecule is O=C(NC1CCCCC1)c1cc([C@H]2CCCN(Cc3ccc4ncccc4c3)C2)no1. The first kappa shape index (κ1) is 20.2. The lowest BCUT2D eigenvalue weighted by atomic mass is 9.94. The molecule has 1 aliphatic carbocycles. The lowest BCUT2D eigenvalue weighted by Gasteiger charge is -2.31. The van der Waals surface area contributed by atoms with Crippen LogP contribution in [0.15, 0.2) is 47.1 Å². The molecule has 1 aromatic carbocycles. The number of hydrogen-bond donors (Lipinski definition) is 1. The van der Waals surface area contributed by atoms with Crippen LogP contribution >= 0.6 is 0 Å². The number of hydrogen-bond acceptors (Lipinski definition) is 5. The van der Waals surface area contributed by atoms with Crippen molar-refractivity contribution in [3.05, 3.63) is 59.6 Å². The van der Waals surface area contributed by atoms with Crippen LogP contribution in [0.2, 0.25) is 0 Å². The number of fused-ring (bicyclic) bond motifs is 1. The highest BCUT2D eigenvalue weighted by molar-refractivity contribution is 5.91. The molecule has 0 radical (unpaired) electrons. The number of carbonyl (C=O) groups excluding carboxylic acids is 1. The summed E-state index contributed by atoms with van der Waals surface area (Å²) in [6, 6.07) is 12.7. The van der Waals surface area contributed by atoms with Gasteiger partial charge in [0.25, 0.3) is 5.91 Å². The molecule has 1 N–H and O–H groups in total. The maximum absolute atomic E-state index is 12.6. The smallest absolute Gasteiger partial charge is 0.290 e. The molecule has 6 nitrogen and oxygen atoms in total. The summed E-state index contributed by atoms with van der Waals surface area (Å²) in [4.78, 5) is 19.4. The predicted molar refractivity (Wildman–Crippen MR) is 120 cm³/mol. The fourth-order valence-electron chi connectivity index (χ4n) is 5.01. The zero-order valence-electron chi connectivity index (χ0n) is 17.9. The van der Waals surface area contributed by atoms with E-state index in [2.05, 4.69) is 44.6 Å². The van der Waals surface area contributed by atoms with Crippen molar-refractivity contribution in [3.63, 3.8) is 0 Å². The number of nitrogens with one attached hydrogen (secondary N) is 1. The first-order chi connectivity index (χ1) is 15.2. The molecule has 3 aromatic rings. The molecular weight excluding hydrogens is 388 g/mol. The average Bonchev–Trinajstić information content (AvgIpc) is 3.31. The number of amides is 1. The van der Waals surface area contributed by atoms with Crippen LogP contribution in [0.5, 0.6) is 0 Å². The predicted octanol–water partition coefficient (Wildman–Crippen LogP) is 4.66. The summed E-state index contributed by atoms with van der Waals surface area (Å²) in [5.41, 5.74) is 3.24. The third-order valence-corrected chi connectivity index (χ3v) is 6.69. The Morgan fingerprint density at radius 1 is 1.10 bits per heavy atom. The van der Waals surface area contributed by atoms with Crippen molar-refractivity contribution in [1.82, 2.24) is 20.4 Å². The van der Waals surface area contributed by atoms with Crippen LogP contribution in [0, 0.1) is 0 Å². The number of piperidine rings is 1. The van der Waals surface area contributed by atoms with Crippen LogP contribution < -0.4 is 5.32 Å². The van der Waals surface area contributed by atoms with Gasteiger partial charge in [0.05, 0.1) is 11.2 Å². The van der Waals surface area contributed by atoms with Crippen LogP contribution in [-0.4, -0.2) is 40.1 Å².